The third kappa shape index (κ3) is 25.9. The first-order valence-electron chi connectivity index (χ1n) is 41.8. The van der Waals surface area contributed by atoms with E-state index in [-0.39, 0.29) is 113 Å². The molecule has 1 heterocycles. The fourth-order valence-electron chi connectivity index (χ4n) is 18.5. The number of rotatable bonds is 40. The lowest BCUT2D eigenvalue weighted by molar-refractivity contribution is -0.150. The number of carbonyl (C=O) groups is 11. The van der Waals surface area contributed by atoms with Gasteiger partial charge in [-0.05, 0) is 215 Å². The quantitative estimate of drug-likeness (QED) is 0.0141. The molecular weight excluding hydrogens is 1590 g/mol. The molecule has 0 saturated heterocycles. The van der Waals surface area contributed by atoms with E-state index in [0.717, 1.165) is 86.6 Å². The van der Waals surface area contributed by atoms with Gasteiger partial charge in [-0.1, -0.05) is 96.7 Å². The minimum absolute atomic E-state index is 0.0145. The number of benzene rings is 3. The molecule has 120 heavy (non-hydrogen) atoms. The topological polar surface area (TPSA) is 515 Å². The monoisotopic (exact) mass is 1710 g/mol. The lowest BCUT2D eigenvalue weighted by atomic mass is 9.49. The summed E-state index contributed by atoms with van der Waals surface area (Å²) in [5.41, 5.74) is 10.2. The van der Waals surface area contributed by atoms with Gasteiger partial charge in [-0.3, -0.25) is 67.8 Å². The molecule has 0 radical (unpaired) electrons. The van der Waals surface area contributed by atoms with Gasteiger partial charge < -0.3 is 62.8 Å². The Morgan fingerprint density at radius 3 is 1.77 bits per heavy atom. The molecule has 1 unspecified atom stereocenters. The van der Waals surface area contributed by atoms with Crippen molar-refractivity contribution < 1.29 is 93.3 Å². The van der Waals surface area contributed by atoms with Crippen LogP contribution in [0.5, 0.6) is 5.75 Å². The molecule has 0 aliphatic heterocycles. The van der Waals surface area contributed by atoms with E-state index in [2.05, 4.69) is 77.3 Å². The summed E-state index contributed by atoms with van der Waals surface area (Å²) in [4.78, 5) is 150. The summed E-state index contributed by atoms with van der Waals surface area (Å²) in [6, 6.07) is 13.7. The number of aryl methyl sites for hydroxylation is 3. The Kier molecular flexibility index (Phi) is 33.1. The van der Waals surface area contributed by atoms with Crippen molar-refractivity contribution in [2.45, 2.75) is 238 Å². The van der Waals surface area contributed by atoms with Crippen LogP contribution in [0.3, 0.4) is 0 Å². The number of unbranched alkanes of at least 4 members (excludes halogenated alkanes) is 2. The Morgan fingerprint density at radius 1 is 0.600 bits per heavy atom. The fraction of sp³-hybridized carbons (Fsp3) is 0.627. The lowest BCUT2D eigenvalue weighted by Crippen LogP contribution is -2.60. The van der Waals surface area contributed by atoms with Crippen LogP contribution in [0.25, 0.3) is 0 Å². The SMILES string of the molecule is CC(=O)N[C@H](CCCCNC(=O)COC1CCCCCc2c1nnn2CCCCN(CC(=O)NCCS(=O)(=O)O)CC(=O)NCCS(=O)(=O)O)C(=O)N[C@H](C(=O)N[C@@H](CCCNC(N)=O)C(=O)Nc1ccc(COC(=O)Nc2ccc3c(c2)[C@@]2(C)CCC[C@](C)(C(=O)NC(=O)[C@@]4(C)CCC[C@]5(C)c6cc(O)ccc6CC[C@@H]45)[C@@H]2CC3)cc1)C(C)C. The van der Waals surface area contributed by atoms with Crippen molar-refractivity contribution in [2.24, 2.45) is 34.3 Å². The van der Waals surface area contributed by atoms with Crippen molar-refractivity contribution in [2.75, 3.05) is 74.6 Å². The average Bonchev–Trinajstić information content (AvgIpc) is 0.769. The van der Waals surface area contributed by atoms with Crippen molar-refractivity contribution in [3.05, 3.63) is 99.9 Å². The summed E-state index contributed by atoms with van der Waals surface area (Å²) >= 11 is 0. The summed E-state index contributed by atoms with van der Waals surface area (Å²) in [5, 5.41) is 46.4. The molecule has 10 atom stereocenters. The van der Waals surface area contributed by atoms with E-state index in [9.17, 15) is 74.7 Å². The Morgan fingerprint density at radius 2 is 1.18 bits per heavy atom. The molecule has 2 fully saturated rings. The maximum Gasteiger partial charge on any atom is 0.411 e. The number of phenols is 1. The second kappa shape index (κ2) is 42.2. The Hall–Kier alpha value is -9.69. The molecule has 660 valence electrons. The van der Waals surface area contributed by atoms with E-state index in [0.29, 0.717) is 87.0 Å². The maximum atomic E-state index is 14.8. The average molecular weight is 1710 g/mol. The number of fused-ring (bicyclic) bond motifs is 7. The predicted octanol–water partition coefficient (Wildman–Crippen LogP) is 5.86. The van der Waals surface area contributed by atoms with Gasteiger partial charge >= 0.3 is 12.1 Å². The van der Waals surface area contributed by atoms with Gasteiger partial charge in [0.15, 0.2) is 0 Å². The van der Waals surface area contributed by atoms with E-state index >= 15 is 0 Å². The standard InChI is InChI=1S/C83H121N15O20S2/c1-52(2)71(93-74(105)62(89-53(3)99)18-11-12-38-85-70(103)51-117-65-21-10-8-9-20-64-72(65)95-96-98(64)43-14-13-42-97(48-68(101)86-40-44-119(111,112)113)49-69(102)87-41-45-120(114,115)116)75(106)92-63(19-15-39-88-78(84)109)73(104)90-57-28-22-54(23-29-57)50-118-79(110)91-58-30-24-55-26-32-66-80(4,60(55)46-58)34-16-36-82(66,6)76(107)94-77(108)83(7)37-17-35-81(5)61-47-59(100)31-25-56(61)27-33-67(81)83/h22-25,28-31,46-47,52,62-63,65-67,71,100H,8-21,26-27,32-45,48-51H2,1-7H3,(H,85,103)(H,86,101)(H,87,102)(H,89,99)(H,90,104)(H,91,110)(H,92,106)(H,93,105)(H3,84,88,109)(H,94,107,108)(H,111,112,113)(H,114,115,116)/t62-,63+,65?,66-,67-,71+,80-,81-,82+,83+/m1/s1. The number of hydrogen-bond acceptors (Lipinski definition) is 21. The number of nitrogens with two attached hydrogens (primary N) is 1. The van der Waals surface area contributed by atoms with Gasteiger partial charge in [0.05, 0.1) is 41.1 Å². The Bertz CT molecular complexity index is 4530. The van der Waals surface area contributed by atoms with Crippen LogP contribution < -0.4 is 58.9 Å². The zero-order valence-corrected chi connectivity index (χ0v) is 71.5. The van der Waals surface area contributed by atoms with E-state index in [1.165, 1.54) is 17.4 Å². The number of aromatic hydroxyl groups is 1. The van der Waals surface area contributed by atoms with Gasteiger partial charge in [-0.15, -0.1) is 5.10 Å². The van der Waals surface area contributed by atoms with E-state index < -0.39 is 132 Å². The zero-order chi connectivity index (χ0) is 87.3. The summed E-state index contributed by atoms with van der Waals surface area (Å²) in [7, 11) is -8.69. The molecule has 9 rings (SSSR count). The second-order valence-electron chi connectivity index (χ2n) is 34.0. The molecule has 4 aromatic rings. The minimum Gasteiger partial charge on any atom is -0.508 e. The number of nitrogens with one attached hydrogen (secondary N) is 10. The van der Waals surface area contributed by atoms with E-state index in [1.807, 2.05) is 44.2 Å². The smallest absolute Gasteiger partial charge is 0.411 e. The number of ether oxygens (including phenoxy) is 2. The van der Waals surface area contributed by atoms with Gasteiger partial charge in [0.1, 0.15) is 48.9 Å². The number of urea groups is 1. The molecule has 0 bridgehead atoms. The highest BCUT2D eigenvalue weighted by atomic mass is 32.2. The number of carbonyl (C=O) groups excluding carboxylic acids is 11. The fourth-order valence-corrected chi connectivity index (χ4v) is 19.2. The molecule has 5 aliphatic carbocycles. The number of primary amides is 1. The molecule has 0 spiro atoms. The van der Waals surface area contributed by atoms with Crippen LogP contribution in [0.2, 0.25) is 0 Å². The van der Waals surface area contributed by atoms with Crippen LogP contribution in [-0.2, 0) is 116 Å². The van der Waals surface area contributed by atoms with Crippen LogP contribution in [0.15, 0.2) is 60.7 Å². The van der Waals surface area contributed by atoms with Gasteiger partial charge in [0, 0.05) is 51.0 Å². The molecule has 1 aromatic heterocycles. The number of phenolic OH excluding ortho intramolecular Hbond substituents is 1. The molecule has 37 heteroatoms. The minimum atomic E-state index is -4.35. The van der Waals surface area contributed by atoms with Gasteiger partial charge in [0.2, 0.25) is 53.2 Å². The van der Waals surface area contributed by atoms with Crippen LogP contribution in [0, 0.1) is 28.6 Å². The van der Waals surface area contributed by atoms with Crippen molar-refractivity contribution in [3.8, 4) is 5.75 Å². The summed E-state index contributed by atoms with van der Waals surface area (Å²) in [6.45, 7) is 12.1. The normalized spacial score (nSPS) is 22.0. The number of nitrogens with zero attached hydrogens (tertiary/aromatic N) is 4. The van der Waals surface area contributed by atoms with Crippen LogP contribution in [-0.4, -0.2) is 198 Å². The molecule has 5 aliphatic rings. The number of imide groups is 1. The maximum absolute atomic E-state index is 14.8. The highest BCUT2D eigenvalue weighted by molar-refractivity contribution is 7.86. The van der Waals surface area contributed by atoms with E-state index in [4.69, 9.17) is 24.3 Å². The number of anilines is 2. The van der Waals surface area contributed by atoms with Crippen molar-refractivity contribution >= 4 is 96.9 Å². The van der Waals surface area contributed by atoms with Crippen molar-refractivity contribution in [1.29, 1.82) is 0 Å². The van der Waals surface area contributed by atoms with Gasteiger partial charge in [-0.25, -0.2) is 14.3 Å². The first kappa shape index (κ1) is 94.2. The van der Waals surface area contributed by atoms with Gasteiger partial charge in [-0.2, -0.15) is 16.8 Å². The Balaban J connectivity index is 0.721. The largest absolute Gasteiger partial charge is 0.508 e. The highest BCUT2D eigenvalue weighted by Crippen LogP contribution is 2.60. The summed E-state index contributed by atoms with van der Waals surface area (Å²) in [5.74, 6) is -6.50. The predicted molar refractivity (Wildman–Crippen MR) is 444 cm³/mol. The van der Waals surface area contributed by atoms with Crippen molar-refractivity contribution in [1.82, 2.24) is 62.4 Å². The van der Waals surface area contributed by atoms with Crippen LogP contribution >= 0.6 is 0 Å². The number of aromatic nitrogens is 3. The lowest BCUT2D eigenvalue weighted by Gasteiger charge is -2.56. The first-order valence-corrected chi connectivity index (χ1v) is 45.0. The number of hydrogen-bond donors (Lipinski definition) is 14. The molecule has 3 aromatic carbocycles. The van der Waals surface area contributed by atoms with Crippen molar-refractivity contribution in [3.63, 3.8) is 0 Å². The molecule has 15 N–H and O–H groups in total. The Labute approximate surface area is 701 Å². The second-order valence-corrected chi connectivity index (χ2v) is 37.1. The number of amides is 12. The third-order valence-corrected chi connectivity index (χ3v) is 26.2. The zero-order valence-electron chi connectivity index (χ0n) is 69.8. The molecule has 35 nitrogen and oxygen atoms in total. The molecular formula is C83H121N15O20S2. The summed E-state index contributed by atoms with van der Waals surface area (Å²) < 4.78 is 76.3. The molecule has 2 saturated carbocycles. The summed E-state index contributed by atoms with van der Waals surface area (Å²) in [6.07, 6.45) is 12.2. The first-order chi connectivity index (χ1) is 56.8. The van der Waals surface area contributed by atoms with Crippen LogP contribution in [0.1, 0.15) is 216 Å². The highest BCUT2D eigenvalue weighted by Gasteiger charge is 2.59. The van der Waals surface area contributed by atoms with Crippen LogP contribution in [0.4, 0.5) is 21.0 Å². The van der Waals surface area contributed by atoms with E-state index in [1.54, 1.807) is 48.9 Å². The van der Waals surface area contributed by atoms with Gasteiger partial charge in [0.25, 0.3) is 20.2 Å². The third-order valence-electron chi connectivity index (χ3n) is 24.7. The molecule has 12 amide bonds.